The van der Waals surface area contributed by atoms with Gasteiger partial charge in [-0.05, 0) is 54.8 Å². The van der Waals surface area contributed by atoms with Crippen molar-refractivity contribution < 1.29 is 0 Å². The maximum absolute atomic E-state index is 2.52. The average Bonchev–Trinajstić information content (AvgIpc) is 2.17. The summed E-state index contributed by atoms with van der Waals surface area (Å²) in [6, 6.07) is 0. The van der Waals surface area contributed by atoms with Gasteiger partial charge in [-0.25, -0.2) is 0 Å². The van der Waals surface area contributed by atoms with Gasteiger partial charge in [0.05, 0.1) is 0 Å². The number of hydrogen-bond donors (Lipinski definition) is 0. The molecule has 1 fully saturated rings. The van der Waals surface area contributed by atoms with E-state index < -0.39 is 0 Å². The van der Waals surface area contributed by atoms with E-state index >= 15 is 0 Å². The van der Waals surface area contributed by atoms with Gasteiger partial charge in [0.2, 0.25) is 0 Å². The topological polar surface area (TPSA) is 0 Å². The van der Waals surface area contributed by atoms with Crippen molar-refractivity contribution in [2.75, 3.05) is 0 Å². The summed E-state index contributed by atoms with van der Waals surface area (Å²) < 4.78 is 0. The molecule has 0 heterocycles. The summed E-state index contributed by atoms with van der Waals surface area (Å²) in [4.78, 5) is 0. The van der Waals surface area contributed by atoms with Gasteiger partial charge in [-0.15, -0.1) is 0 Å². The van der Waals surface area contributed by atoms with E-state index in [4.69, 9.17) is 0 Å². The Hall–Kier alpha value is -0.260. The molecule has 0 aromatic rings. The molecule has 4 atom stereocenters. The highest BCUT2D eigenvalue weighted by Gasteiger charge is 2.43. The van der Waals surface area contributed by atoms with Crippen LogP contribution in [0.3, 0.4) is 0 Å². The minimum atomic E-state index is 0.625. The van der Waals surface area contributed by atoms with Gasteiger partial charge in [-0.1, -0.05) is 39.8 Å². The Bertz CT molecular complexity index is 251. The third-order valence-corrected chi connectivity index (χ3v) is 5.14. The van der Waals surface area contributed by atoms with E-state index in [-0.39, 0.29) is 0 Å². The molecule has 0 aromatic carbocycles. The molecule has 0 amide bonds. The van der Waals surface area contributed by atoms with Gasteiger partial charge in [0.15, 0.2) is 0 Å². The van der Waals surface area contributed by atoms with Crippen LogP contribution in [0.1, 0.15) is 53.4 Å². The highest BCUT2D eigenvalue weighted by atomic mass is 14.5. The van der Waals surface area contributed by atoms with Crippen LogP contribution in [0.4, 0.5) is 0 Å². The average molecular weight is 206 g/mol. The van der Waals surface area contributed by atoms with Gasteiger partial charge in [-0.2, -0.15) is 0 Å². The molecule has 2 aliphatic carbocycles. The van der Waals surface area contributed by atoms with Crippen molar-refractivity contribution in [3.63, 3.8) is 0 Å². The van der Waals surface area contributed by atoms with Gasteiger partial charge >= 0.3 is 0 Å². The lowest BCUT2D eigenvalue weighted by molar-refractivity contribution is 0.0349. The first kappa shape index (κ1) is 11.2. The number of rotatable bonds is 1. The molecular weight excluding hydrogens is 180 g/mol. The van der Waals surface area contributed by atoms with Crippen molar-refractivity contribution in [1.82, 2.24) is 0 Å². The van der Waals surface area contributed by atoms with Crippen molar-refractivity contribution in [2.45, 2.75) is 53.4 Å². The summed E-state index contributed by atoms with van der Waals surface area (Å²) in [5.74, 6) is 3.62. The number of allylic oxidation sites excluding steroid dienone is 2. The normalized spacial score (nSPS) is 45.5. The molecule has 2 aliphatic rings. The second-order valence-electron chi connectivity index (χ2n) is 6.53. The van der Waals surface area contributed by atoms with Crippen LogP contribution in [0.25, 0.3) is 0 Å². The van der Waals surface area contributed by atoms with E-state index in [0.717, 1.165) is 23.7 Å². The van der Waals surface area contributed by atoms with E-state index in [2.05, 4.69) is 39.8 Å². The van der Waals surface area contributed by atoms with E-state index in [1.807, 2.05) is 0 Å². The van der Waals surface area contributed by atoms with Gasteiger partial charge in [0.1, 0.15) is 0 Å². The first-order chi connectivity index (χ1) is 7.03. The molecule has 0 unspecified atom stereocenters. The molecule has 15 heavy (non-hydrogen) atoms. The van der Waals surface area contributed by atoms with Crippen molar-refractivity contribution in [3.05, 3.63) is 12.2 Å². The van der Waals surface area contributed by atoms with Crippen molar-refractivity contribution in [3.8, 4) is 0 Å². The monoisotopic (exact) mass is 206 g/mol. The third-order valence-electron chi connectivity index (χ3n) is 5.14. The van der Waals surface area contributed by atoms with Crippen molar-refractivity contribution >= 4 is 0 Å². The molecule has 0 aromatic heterocycles. The number of fused-ring (bicyclic) bond motifs is 1. The predicted molar refractivity (Wildman–Crippen MR) is 66.7 cm³/mol. The molecule has 0 heteroatoms. The van der Waals surface area contributed by atoms with Gasteiger partial charge in [0, 0.05) is 0 Å². The molecule has 0 aliphatic heterocycles. The maximum atomic E-state index is 2.52. The Morgan fingerprint density at radius 1 is 1.33 bits per heavy atom. The zero-order valence-corrected chi connectivity index (χ0v) is 10.8. The standard InChI is InChI=1S/C15H26/c1-11(2)13-7-9-15(4)8-5-6-12(3)14(15)10-13/h5-6,11-14H,7-10H2,1-4H3/t12-,13-,14+,15-/m1/s1. The fourth-order valence-corrected chi connectivity index (χ4v) is 3.82. The molecule has 0 spiro atoms. The van der Waals surface area contributed by atoms with Crippen LogP contribution in [0.2, 0.25) is 0 Å². The third kappa shape index (κ3) is 2.00. The quantitative estimate of drug-likeness (QED) is 0.547. The lowest BCUT2D eigenvalue weighted by atomic mass is 9.56. The summed E-state index contributed by atoms with van der Waals surface area (Å²) in [7, 11) is 0. The van der Waals surface area contributed by atoms with E-state index in [1.165, 1.54) is 25.7 Å². The zero-order valence-electron chi connectivity index (χ0n) is 10.8. The van der Waals surface area contributed by atoms with Gasteiger partial charge < -0.3 is 0 Å². The molecule has 2 rings (SSSR count). The van der Waals surface area contributed by atoms with E-state index in [1.54, 1.807) is 0 Å². The first-order valence-corrected chi connectivity index (χ1v) is 6.69. The smallest absolute Gasteiger partial charge is 0.0228 e. The van der Waals surface area contributed by atoms with Crippen molar-refractivity contribution in [2.24, 2.45) is 29.1 Å². The lowest BCUT2D eigenvalue weighted by Gasteiger charge is -2.49. The van der Waals surface area contributed by atoms with E-state index in [0.29, 0.717) is 5.41 Å². The summed E-state index contributed by atoms with van der Waals surface area (Å²) in [6.07, 6.45) is 10.6. The highest BCUT2D eigenvalue weighted by Crippen LogP contribution is 2.52. The predicted octanol–water partition coefficient (Wildman–Crippen LogP) is 4.66. The molecule has 86 valence electrons. The molecule has 0 N–H and O–H groups in total. The molecule has 0 nitrogen and oxygen atoms in total. The summed E-state index contributed by atoms with van der Waals surface area (Å²) in [5, 5.41) is 0. The molecule has 0 saturated heterocycles. The van der Waals surface area contributed by atoms with E-state index in [9.17, 15) is 0 Å². The SMILES string of the molecule is CC(C)[C@@H]1CC[C@@]2(C)CC=C[C@@H](C)[C@@H]2C1. The van der Waals surface area contributed by atoms with Gasteiger partial charge in [-0.3, -0.25) is 0 Å². The fourth-order valence-electron chi connectivity index (χ4n) is 3.82. The van der Waals surface area contributed by atoms with Crippen LogP contribution in [0.15, 0.2) is 12.2 Å². The second-order valence-corrected chi connectivity index (χ2v) is 6.53. The molecule has 0 bridgehead atoms. The van der Waals surface area contributed by atoms with Crippen LogP contribution >= 0.6 is 0 Å². The van der Waals surface area contributed by atoms with Gasteiger partial charge in [0.25, 0.3) is 0 Å². The Balaban J connectivity index is 2.14. The maximum Gasteiger partial charge on any atom is -0.0228 e. The fraction of sp³-hybridized carbons (Fsp3) is 0.867. The Labute approximate surface area is 95.1 Å². The Morgan fingerprint density at radius 2 is 2.07 bits per heavy atom. The highest BCUT2D eigenvalue weighted by molar-refractivity contribution is 5.06. The lowest BCUT2D eigenvalue weighted by Crippen LogP contribution is -2.40. The van der Waals surface area contributed by atoms with Crippen LogP contribution in [0.5, 0.6) is 0 Å². The van der Waals surface area contributed by atoms with Crippen LogP contribution < -0.4 is 0 Å². The zero-order chi connectivity index (χ0) is 11.1. The van der Waals surface area contributed by atoms with Crippen molar-refractivity contribution in [1.29, 1.82) is 0 Å². The van der Waals surface area contributed by atoms with Crippen LogP contribution in [-0.4, -0.2) is 0 Å². The van der Waals surface area contributed by atoms with Crippen LogP contribution in [-0.2, 0) is 0 Å². The largest absolute Gasteiger partial charge is 0.0877 e. The van der Waals surface area contributed by atoms with Crippen LogP contribution in [0, 0.1) is 29.1 Å². The molecule has 1 saturated carbocycles. The first-order valence-electron chi connectivity index (χ1n) is 6.69. The summed E-state index contributed by atoms with van der Waals surface area (Å²) in [5.41, 5.74) is 0.625. The second kappa shape index (κ2) is 3.96. The number of hydrogen-bond acceptors (Lipinski definition) is 0. The Kier molecular flexibility index (Phi) is 2.96. The Morgan fingerprint density at radius 3 is 2.73 bits per heavy atom. The minimum absolute atomic E-state index is 0.625. The molecular formula is C15H26. The molecule has 0 radical (unpaired) electrons. The summed E-state index contributed by atoms with van der Waals surface area (Å²) in [6.45, 7) is 9.74. The minimum Gasteiger partial charge on any atom is -0.0877 e. The summed E-state index contributed by atoms with van der Waals surface area (Å²) >= 11 is 0.